The van der Waals surface area contributed by atoms with Crippen LogP contribution >= 0.6 is 0 Å². The minimum Gasteiger partial charge on any atom is -0.394 e. The lowest BCUT2D eigenvalue weighted by molar-refractivity contribution is -0.397. The summed E-state index contributed by atoms with van der Waals surface area (Å²) >= 11 is 0. The van der Waals surface area contributed by atoms with Crippen LogP contribution in [0.3, 0.4) is 0 Å². The Hall–Kier alpha value is -1.67. The van der Waals surface area contributed by atoms with Crippen LogP contribution in [0.4, 0.5) is 92.2 Å². The second kappa shape index (κ2) is 14.2. The first kappa shape index (κ1) is 43.3. The van der Waals surface area contributed by atoms with Crippen molar-refractivity contribution in [3.8, 4) is 0 Å². The van der Waals surface area contributed by atoms with Gasteiger partial charge in [0.05, 0.1) is 25.4 Å². The zero-order chi connectivity index (χ0) is 36.3. The lowest BCUT2D eigenvalue weighted by atomic mass is 9.98. The van der Waals surface area contributed by atoms with E-state index >= 15 is 0 Å². The molecule has 0 aliphatic carbocycles. The summed E-state index contributed by atoms with van der Waals surface area (Å²) < 4.78 is 273. The van der Waals surface area contributed by atoms with Gasteiger partial charge in [-0.05, 0) is 12.8 Å². The molecule has 0 radical (unpaired) electrons. The highest BCUT2D eigenvalue weighted by Crippen LogP contribution is 2.55. The molecule has 3 unspecified atom stereocenters. The third-order valence-electron chi connectivity index (χ3n) is 5.31. The Labute approximate surface area is 236 Å². The normalized spacial score (nSPS) is 20.6. The third kappa shape index (κ3) is 10.4. The number of ether oxygens (including phenoxy) is 3. The van der Waals surface area contributed by atoms with E-state index in [9.17, 15) is 92.2 Å². The highest BCUT2D eigenvalue weighted by molar-refractivity contribution is 5.01. The van der Waals surface area contributed by atoms with Crippen LogP contribution in [-0.2, 0) is 14.2 Å². The largest absolute Gasteiger partial charge is 0.460 e. The molecule has 1 aliphatic rings. The molecule has 26 heteroatoms. The molecule has 0 aromatic heterocycles. The van der Waals surface area contributed by atoms with Gasteiger partial charge in [0, 0.05) is 12.8 Å². The molecule has 0 spiro atoms. The summed E-state index contributed by atoms with van der Waals surface area (Å²) in [5, 5.41) is 16.8. The molecule has 45 heavy (non-hydrogen) atoms. The summed E-state index contributed by atoms with van der Waals surface area (Å²) in [4.78, 5) is 0. The molecule has 2 N–H and O–H groups in total. The molecule has 1 aliphatic heterocycles. The Bertz CT molecular complexity index is 914. The molecule has 5 nitrogen and oxygen atoms in total. The molecule has 1 fully saturated rings. The Kier molecular flexibility index (Phi) is 13.7. The zero-order valence-electron chi connectivity index (χ0n) is 21.2. The molecule has 1 rings (SSSR count). The number of rotatable bonds is 13. The first-order valence-corrected chi connectivity index (χ1v) is 11.3. The Morgan fingerprint density at radius 1 is 0.622 bits per heavy atom. The van der Waals surface area contributed by atoms with Crippen LogP contribution in [0.15, 0.2) is 0 Å². The lowest BCUT2D eigenvalue weighted by Gasteiger charge is -2.33. The molecule has 1 heterocycles. The van der Waals surface area contributed by atoms with E-state index in [1.54, 1.807) is 0 Å². The van der Waals surface area contributed by atoms with Gasteiger partial charge in [0.2, 0.25) is 0 Å². The predicted molar refractivity (Wildman–Crippen MR) is 100.0 cm³/mol. The Morgan fingerprint density at radius 2 is 1.02 bits per heavy atom. The van der Waals surface area contributed by atoms with E-state index in [1.807, 2.05) is 0 Å². The van der Waals surface area contributed by atoms with Gasteiger partial charge in [0.15, 0.2) is 0 Å². The maximum absolute atomic E-state index is 13.3. The maximum Gasteiger partial charge on any atom is 0.460 e. The van der Waals surface area contributed by atoms with Crippen molar-refractivity contribution in [1.29, 1.82) is 0 Å². The zero-order valence-corrected chi connectivity index (χ0v) is 21.2. The minimum absolute atomic E-state index is 0.722. The van der Waals surface area contributed by atoms with E-state index in [1.165, 1.54) is 0 Å². The van der Waals surface area contributed by atoms with Crippen molar-refractivity contribution < 1.29 is 117 Å². The molecule has 1 saturated heterocycles. The molecular weight excluding hydrogens is 707 g/mol. The van der Waals surface area contributed by atoms with Crippen LogP contribution in [0, 0.1) is 0 Å². The average Bonchev–Trinajstić information content (AvgIpc) is 3.31. The fourth-order valence-corrected chi connectivity index (χ4v) is 2.73. The maximum atomic E-state index is 13.3. The number of hydrogen-bond donors (Lipinski definition) is 2. The molecule has 0 aromatic carbocycles. The van der Waals surface area contributed by atoms with Gasteiger partial charge >= 0.3 is 54.1 Å². The van der Waals surface area contributed by atoms with E-state index in [2.05, 4.69) is 14.2 Å². The van der Waals surface area contributed by atoms with Crippen LogP contribution in [0.1, 0.15) is 25.7 Å². The van der Waals surface area contributed by atoms with E-state index in [0.717, 1.165) is 0 Å². The molecule has 0 aromatic rings. The van der Waals surface area contributed by atoms with Gasteiger partial charge in [0.1, 0.15) is 6.61 Å². The van der Waals surface area contributed by atoms with Crippen molar-refractivity contribution >= 4 is 0 Å². The first-order chi connectivity index (χ1) is 19.6. The van der Waals surface area contributed by atoms with E-state index in [-0.39, 0.29) is 0 Å². The predicted octanol–water partition coefficient (Wildman–Crippen LogP) is 7.10. The van der Waals surface area contributed by atoms with E-state index < -0.39 is 118 Å². The van der Waals surface area contributed by atoms with Crippen molar-refractivity contribution in [3.63, 3.8) is 0 Å². The van der Waals surface area contributed by atoms with Crippen LogP contribution in [0.25, 0.3) is 0 Å². The third-order valence-corrected chi connectivity index (χ3v) is 5.31. The fourth-order valence-electron chi connectivity index (χ4n) is 2.73. The summed E-state index contributed by atoms with van der Waals surface area (Å²) in [7, 11) is 0. The van der Waals surface area contributed by atoms with Crippen molar-refractivity contribution in [2.24, 2.45) is 0 Å². The average molecular weight is 726 g/mol. The molecule has 0 amide bonds. The van der Waals surface area contributed by atoms with Gasteiger partial charge in [-0.3, -0.25) is 0 Å². The summed E-state index contributed by atoms with van der Waals surface area (Å²) in [6.07, 6.45) is -28.9. The SMILES string of the molecule is FC(F)(F)COC1OCC(CCC(F)(F)C(F)(F)C(F)(F)C(F)(F)F)O1.OCC(O)CCC(F)(F)C(F)(F)C(F)(F)C(F)(F)F. The second-order valence-corrected chi connectivity index (χ2v) is 8.92. The van der Waals surface area contributed by atoms with E-state index in [4.69, 9.17) is 10.2 Å². The van der Waals surface area contributed by atoms with Gasteiger partial charge in [0.25, 0.3) is 6.48 Å². The lowest BCUT2D eigenvalue weighted by Crippen LogP contribution is -2.60. The van der Waals surface area contributed by atoms with E-state index in [0.29, 0.717) is 0 Å². The molecular formula is C19H19F21O5. The highest BCUT2D eigenvalue weighted by Gasteiger charge is 2.82. The first-order valence-electron chi connectivity index (χ1n) is 11.3. The molecule has 3 atom stereocenters. The number of alkyl halides is 21. The van der Waals surface area contributed by atoms with Crippen molar-refractivity contribution in [1.82, 2.24) is 0 Å². The summed E-state index contributed by atoms with van der Waals surface area (Å²) in [6, 6.07) is 0. The topological polar surface area (TPSA) is 68.2 Å². The van der Waals surface area contributed by atoms with Gasteiger partial charge < -0.3 is 24.4 Å². The molecule has 0 saturated carbocycles. The quantitative estimate of drug-likeness (QED) is 0.199. The van der Waals surface area contributed by atoms with Crippen LogP contribution in [0.2, 0.25) is 0 Å². The van der Waals surface area contributed by atoms with Crippen LogP contribution in [-0.4, -0.2) is 103 Å². The van der Waals surface area contributed by atoms with Crippen LogP contribution < -0.4 is 0 Å². The number of hydrogen-bond acceptors (Lipinski definition) is 5. The van der Waals surface area contributed by atoms with Gasteiger partial charge in [-0.2, -0.15) is 92.2 Å². The van der Waals surface area contributed by atoms with Crippen molar-refractivity contribution in [3.05, 3.63) is 0 Å². The Balaban J connectivity index is 0.000000907. The molecule has 272 valence electrons. The number of halogens is 21. The number of aliphatic hydroxyl groups excluding tert-OH is 2. The van der Waals surface area contributed by atoms with Crippen LogP contribution in [0.5, 0.6) is 0 Å². The van der Waals surface area contributed by atoms with Gasteiger partial charge in [-0.25, -0.2) is 0 Å². The standard InChI is InChI=1S/C11H10F12O3.C8H9F9O2/c12-7(13,9(17,18)10(19,20)11(21,22)23)2-1-5-3-24-6(26-5)25-4-8(14,15)16;9-5(10,2-1-4(19)3-18)6(11,12)7(13,14)8(15,16)17/h5-6H,1-4H2;4,18-19H,1-3H2. The molecule has 0 bridgehead atoms. The van der Waals surface area contributed by atoms with Crippen molar-refractivity contribution in [2.45, 2.75) is 98.4 Å². The highest BCUT2D eigenvalue weighted by atomic mass is 19.4. The van der Waals surface area contributed by atoms with Gasteiger partial charge in [-0.15, -0.1) is 0 Å². The van der Waals surface area contributed by atoms with Gasteiger partial charge in [-0.1, -0.05) is 0 Å². The minimum atomic E-state index is -7.01. The van der Waals surface area contributed by atoms with Crippen molar-refractivity contribution in [2.75, 3.05) is 19.8 Å². The summed E-state index contributed by atoms with van der Waals surface area (Å²) in [5.74, 6) is -38.9. The monoisotopic (exact) mass is 726 g/mol. The second-order valence-electron chi connectivity index (χ2n) is 8.92. The summed E-state index contributed by atoms with van der Waals surface area (Å²) in [6.45, 7) is -5.68. The smallest absolute Gasteiger partial charge is 0.394 e. The fraction of sp³-hybridized carbons (Fsp3) is 1.00. The Morgan fingerprint density at radius 3 is 1.38 bits per heavy atom. The number of aliphatic hydroxyl groups is 2. The summed E-state index contributed by atoms with van der Waals surface area (Å²) in [5.41, 5.74) is 0.